The first-order valence-electron chi connectivity index (χ1n) is 5.32. The number of carboxylic acid groups (broad SMARTS) is 1. The number of carbonyl (C=O) groups excluding carboxylic acids is 1. The highest BCUT2D eigenvalue weighted by Gasteiger charge is 2.18. The molecule has 1 unspecified atom stereocenters. The van der Waals surface area contributed by atoms with Gasteiger partial charge in [-0.25, -0.2) is 14.6 Å². The zero-order chi connectivity index (χ0) is 13.5. The second-order valence-corrected chi connectivity index (χ2v) is 4.91. The van der Waals surface area contributed by atoms with Crippen LogP contribution >= 0.6 is 11.3 Å². The molecule has 0 spiro atoms. The standard InChI is InChI=1S/C10H15N3O4S/c1-6-4-11-8(18-6)5-12-10(17)13-7(2-3-14)9(15)16/h4,7,14H,2-3,5H2,1H3,(H,15,16)(H2,12,13,17). The number of hydrogen-bond donors (Lipinski definition) is 4. The van der Waals surface area contributed by atoms with Crippen LogP contribution in [0.3, 0.4) is 0 Å². The molecule has 8 heteroatoms. The minimum Gasteiger partial charge on any atom is -0.480 e. The number of carbonyl (C=O) groups is 2. The largest absolute Gasteiger partial charge is 0.480 e. The average molecular weight is 273 g/mol. The summed E-state index contributed by atoms with van der Waals surface area (Å²) in [5.74, 6) is -1.18. The molecule has 0 aromatic carbocycles. The SMILES string of the molecule is Cc1cnc(CNC(=O)NC(CCO)C(=O)O)s1. The Morgan fingerprint density at radius 2 is 2.28 bits per heavy atom. The van der Waals surface area contributed by atoms with Crippen molar-refractivity contribution in [3.8, 4) is 0 Å². The zero-order valence-electron chi connectivity index (χ0n) is 9.84. The van der Waals surface area contributed by atoms with Crippen molar-refractivity contribution in [1.29, 1.82) is 0 Å². The zero-order valence-corrected chi connectivity index (χ0v) is 10.7. The molecule has 0 saturated heterocycles. The number of rotatable bonds is 6. The van der Waals surface area contributed by atoms with E-state index in [1.165, 1.54) is 11.3 Å². The first kappa shape index (κ1) is 14.4. The van der Waals surface area contributed by atoms with Crippen molar-refractivity contribution in [2.75, 3.05) is 6.61 Å². The van der Waals surface area contributed by atoms with Crippen molar-refractivity contribution in [3.05, 3.63) is 16.1 Å². The molecule has 0 aliphatic rings. The lowest BCUT2D eigenvalue weighted by Gasteiger charge is -2.13. The van der Waals surface area contributed by atoms with Crippen molar-refractivity contribution >= 4 is 23.3 Å². The highest BCUT2D eigenvalue weighted by atomic mass is 32.1. The van der Waals surface area contributed by atoms with Gasteiger partial charge in [-0.05, 0) is 6.92 Å². The minimum absolute atomic E-state index is 0.0287. The number of aliphatic hydroxyl groups excluding tert-OH is 1. The number of thiazole rings is 1. The normalized spacial score (nSPS) is 11.9. The second-order valence-electron chi connectivity index (χ2n) is 3.59. The van der Waals surface area contributed by atoms with E-state index in [4.69, 9.17) is 10.2 Å². The van der Waals surface area contributed by atoms with Crippen molar-refractivity contribution in [3.63, 3.8) is 0 Å². The maximum atomic E-state index is 11.4. The van der Waals surface area contributed by atoms with E-state index in [9.17, 15) is 9.59 Å². The Balaban J connectivity index is 2.38. The van der Waals surface area contributed by atoms with Crippen LogP contribution in [0.5, 0.6) is 0 Å². The Morgan fingerprint density at radius 3 is 2.78 bits per heavy atom. The molecule has 1 aromatic rings. The number of aryl methyl sites for hydroxylation is 1. The van der Waals surface area contributed by atoms with E-state index in [2.05, 4.69) is 15.6 Å². The Labute approximate surface area is 108 Å². The predicted octanol–water partition coefficient (Wildman–Crippen LogP) is 0.0863. The van der Waals surface area contributed by atoms with Crippen LogP contribution in [0.1, 0.15) is 16.3 Å². The van der Waals surface area contributed by atoms with Gasteiger partial charge in [0.25, 0.3) is 0 Å². The molecule has 1 atom stereocenters. The van der Waals surface area contributed by atoms with Crippen LogP contribution in [0.15, 0.2) is 6.20 Å². The lowest BCUT2D eigenvalue weighted by atomic mass is 10.2. The van der Waals surface area contributed by atoms with Crippen LogP contribution in [0, 0.1) is 6.92 Å². The summed E-state index contributed by atoms with van der Waals surface area (Å²) < 4.78 is 0. The molecule has 7 nitrogen and oxygen atoms in total. The summed E-state index contributed by atoms with van der Waals surface area (Å²) in [5.41, 5.74) is 0. The monoisotopic (exact) mass is 273 g/mol. The van der Waals surface area contributed by atoms with Gasteiger partial charge in [-0.3, -0.25) is 0 Å². The molecule has 100 valence electrons. The van der Waals surface area contributed by atoms with E-state index in [-0.39, 0.29) is 19.6 Å². The maximum Gasteiger partial charge on any atom is 0.326 e. The van der Waals surface area contributed by atoms with Crippen molar-refractivity contribution in [2.45, 2.75) is 25.9 Å². The van der Waals surface area contributed by atoms with E-state index >= 15 is 0 Å². The molecule has 18 heavy (non-hydrogen) atoms. The van der Waals surface area contributed by atoms with Crippen LogP contribution in [0.25, 0.3) is 0 Å². The van der Waals surface area contributed by atoms with E-state index < -0.39 is 18.0 Å². The summed E-state index contributed by atoms with van der Waals surface area (Å²) in [4.78, 5) is 27.3. The van der Waals surface area contributed by atoms with Gasteiger partial charge in [0.1, 0.15) is 11.0 Å². The number of nitrogens with one attached hydrogen (secondary N) is 2. The fraction of sp³-hybridized carbons (Fsp3) is 0.500. The van der Waals surface area contributed by atoms with Gasteiger partial charge in [-0.1, -0.05) is 0 Å². The summed E-state index contributed by atoms with van der Waals surface area (Å²) in [5, 5.41) is 23.0. The van der Waals surface area contributed by atoms with Crippen LogP contribution in [-0.2, 0) is 11.3 Å². The first-order chi connectivity index (χ1) is 8.52. The molecule has 1 rings (SSSR count). The number of urea groups is 1. The van der Waals surface area contributed by atoms with Gasteiger partial charge in [0.15, 0.2) is 0 Å². The van der Waals surface area contributed by atoms with Gasteiger partial charge < -0.3 is 20.8 Å². The number of aromatic nitrogens is 1. The highest BCUT2D eigenvalue weighted by molar-refractivity contribution is 7.11. The highest BCUT2D eigenvalue weighted by Crippen LogP contribution is 2.10. The quantitative estimate of drug-likeness (QED) is 0.587. The predicted molar refractivity (Wildman–Crippen MR) is 65.3 cm³/mol. The third-order valence-electron chi connectivity index (χ3n) is 2.09. The summed E-state index contributed by atoms with van der Waals surface area (Å²) in [7, 11) is 0. The number of nitrogens with zero attached hydrogens (tertiary/aromatic N) is 1. The maximum absolute atomic E-state index is 11.4. The smallest absolute Gasteiger partial charge is 0.326 e. The molecule has 4 N–H and O–H groups in total. The minimum atomic E-state index is -1.18. The summed E-state index contributed by atoms with van der Waals surface area (Å²) in [6, 6.07) is -1.68. The van der Waals surface area contributed by atoms with Crippen molar-refractivity contribution in [2.24, 2.45) is 0 Å². The lowest BCUT2D eigenvalue weighted by molar-refractivity contribution is -0.139. The van der Waals surface area contributed by atoms with Crippen LogP contribution in [0.4, 0.5) is 4.79 Å². The van der Waals surface area contributed by atoms with Gasteiger partial charge in [0.05, 0.1) is 6.54 Å². The summed E-state index contributed by atoms with van der Waals surface area (Å²) >= 11 is 1.46. The summed E-state index contributed by atoms with van der Waals surface area (Å²) in [6.45, 7) is 1.85. The van der Waals surface area contributed by atoms with Crippen LogP contribution in [0.2, 0.25) is 0 Å². The number of aliphatic carboxylic acids is 1. The first-order valence-corrected chi connectivity index (χ1v) is 6.14. The van der Waals surface area contributed by atoms with Gasteiger partial charge in [0, 0.05) is 24.1 Å². The van der Waals surface area contributed by atoms with E-state index in [1.807, 2.05) is 6.92 Å². The third kappa shape index (κ3) is 4.68. The third-order valence-corrected chi connectivity index (χ3v) is 3.00. The lowest BCUT2D eigenvalue weighted by Crippen LogP contribution is -2.46. The topological polar surface area (TPSA) is 112 Å². The number of amides is 2. The molecule has 0 fully saturated rings. The van der Waals surface area contributed by atoms with Crippen LogP contribution in [-0.4, -0.2) is 39.8 Å². The second kappa shape index (κ2) is 6.92. The number of aliphatic hydroxyl groups is 1. The van der Waals surface area contributed by atoms with Gasteiger partial charge in [-0.2, -0.15) is 0 Å². The molecule has 1 aromatic heterocycles. The van der Waals surface area contributed by atoms with E-state index in [0.717, 1.165) is 9.88 Å². The summed E-state index contributed by atoms with van der Waals surface area (Å²) in [6.07, 6.45) is 1.67. The molecule has 0 aliphatic heterocycles. The molecule has 0 saturated carbocycles. The molecular weight excluding hydrogens is 258 g/mol. The van der Waals surface area contributed by atoms with E-state index in [0.29, 0.717) is 0 Å². The Kier molecular flexibility index (Phi) is 5.53. The number of hydrogen-bond acceptors (Lipinski definition) is 5. The molecule has 1 heterocycles. The van der Waals surface area contributed by atoms with Gasteiger partial charge >= 0.3 is 12.0 Å². The average Bonchev–Trinajstić information content (AvgIpc) is 2.72. The van der Waals surface area contributed by atoms with Crippen molar-refractivity contribution < 1.29 is 19.8 Å². The Hall–Kier alpha value is -1.67. The molecule has 2 amide bonds. The van der Waals surface area contributed by atoms with Gasteiger partial charge in [-0.15, -0.1) is 11.3 Å². The Morgan fingerprint density at radius 1 is 1.56 bits per heavy atom. The Bertz CT molecular complexity index is 421. The fourth-order valence-corrected chi connectivity index (χ4v) is 1.96. The molecule has 0 bridgehead atoms. The van der Waals surface area contributed by atoms with E-state index in [1.54, 1.807) is 6.20 Å². The number of carboxylic acids is 1. The molecule has 0 radical (unpaired) electrons. The molecular formula is C10H15N3O4S. The van der Waals surface area contributed by atoms with Gasteiger partial charge in [0.2, 0.25) is 0 Å². The molecule has 0 aliphatic carbocycles. The fourth-order valence-electron chi connectivity index (χ4n) is 1.23. The van der Waals surface area contributed by atoms with Crippen molar-refractivity contribution in [1.82, 2.24) is 15.6 Å². The van der Waals surface area contributed by atoms with Crippen LogP contribution < -0.4 is 10.6 Å².